The molecule has 0 fully saturated rings. The molecule has 3 rings (SSSR count). The highest BCUT2D eigenvalue weighted by Crippen LogP contribution is 2.33. The molecule has 2 aromatic carbocycles. The van der Waals surface area contributed by atoms with Crippen LogP contribution in [-0.2, 0) is 9.59 Å². The van der Waals surface area contributed by atoms with E-state index in [2.05, 4.69) is 5.32 Å². The van der Waals surface area contributed by atoms with Gasteiger partial charge in [-0.15, -0.1) is 0 Å². The van der Waals surface area contributed by atoms with E-state index in [1.54, 1.807) is 31.4 Å². The van der Waals surface area contributed by atoms with E-state index in [-0.39, 0.29) is 23.6 Å². The first-order valence-corrected chi connectivity index (χ1v) is 9.72. The monoisotopic (exact) mass is 394 g/mol. The number of imide groups is 1. The Morgan fingerprint density at radius 2 is 1.72 bits per heavy atom. The fraction of sp³-hybridized carbons (Fsp3) is 0.304. The van der Waals surface area contributed by atoms with Crippen LogP contribution in [0.2, 0.25) is 0 Å². The molecule has 0 spiro atoms. The summed E-state index contributed by atoms with van der Waals surface area (Å²) in [6, 6.07) is 14.2. The Kier molecular flexibility index (Phi) is 6.22. The Labute approximate surface area is 171 Å². The Bertz CT molecular complexity index is 932. The van der Waals surface area contributed by atoms with Gasteiger partial charge in [-0.05, 0) is 50.1 Å². The van der Waals surface area contributed by atoms with E-state index < -0.39 is 0 Å². The van der Waals surface area contributed by atoms with Crippen molar-refractivity contribution in [1.29, 1.82) is 0 Å². The van der Waals surface area contributed by atoms with Crippen molar-refractivity contribution < 1.29 is 19.1 Å². The van der Waals surface area contributed by atoms with E-state index in [9.17, 15) is 9.59 Å². The number of benzene rings is 2. The molecule has 6 heteroatoms. The number of anilines is 1. The summed E-state index contributed by atoms with van der Waals surface area (Å²) in [6.45, 7) is 6.30. The van der Waals surface area contributed by atoms with Gasteiger partial charge in [-0.1, -0.05) is 25.1 Å². The van der Waals surface area contributed by atoms with Crippen LogP contribution in [0.5, 0.6) is 11.5 Å². The maximum atomic E-state index is 13.1. The Balaban J connectivity index is 2.01. The molecule has 1 aliphatic heterocycles. The second-order valence-electron chi connectivity index (χ2n) is 7.05. The first-order chi connectivity index (χ1) is 14.0. The third-order valence-electron chi connectivity index (χ3n) is 4.59. The summed E-state index contributed by atoms with van der Waals surface area (Å²) in [4.78, 5) is 27.4. The second-order valence-corrected chi connectivity index (χ2v) is 7.05. The summed E-state index contributed by atoms with van der Waals surface area (Å²) in [7, 11) is 1.58. The fourth-order valence-corrected chi connectivity index (χ4v) is 3.19. The molecule has 0 saturated heterocycles. The molecule has 29 heavy (non-hydrogen) atoms. The minimum atomic E-state index is -0.337. The zero-order chi connectivity index (χ0) is 21.0. The molecule has 2 aromatic rings. The minimum Gasteiger partial charge on any atom is -0.497 e. The average molecular weight is 394 g/mol. The van der Waals surface area contributed by atoms with Gasteiger partial charge in [0.1, 0.15) is 17.2 Å². The molecule has 0 aliphatic carbocycles. The lowest BCUT2D eigenvalue weighted by molar-refractivity contribution is -0.138. The van der Waals surface area contributed by atoms with Gasteiger partial charge in [0.2, 0.25) is 0 Å². The molecular weight excluding hydrogens is 368 g/mol. The van der Waals surface area contributed by atoms with Crippen LogP contribution in [0.15, 0.2) is 54.2 Å². The second kappa shape index (κ2) is 8.82. The highest BCUT2D eigenvalue weighted by molar-refractivity contribution is 6.36. The first-order valence-electron chi connectivity index (χ1n) is 9.72. The third kappa shape index (κ3) is 4.26. The van der Waals surface area contributed by atoms with Crippen molar-refractivity contribution in [1.82, 2.24) is 4.90 Å². The lowest BCUT2D eigenvalue weighted by Gasteiger charge is -2.19. The lowest BCUT2D eigenvalue weighted by Crippen LogP contribution is -2.38. The van der Waals surface area contributed by atoms with Crippen molar-refractivity contribution in [3.63, 3.8) is 0 Å². The van der Waals surface area contributed by atoms with Crippen LogP contribution in [0.4, 0.5) is 5.69 Å². The maximum Gasteiger partial charge on any atom is 0.278 e. The number of hydrogen-bond acceptors (Lipinski definition) is 5. The maximum absolute atomic E-state index is 13.1. The third-order valence-corrected chi connectivity index (χ3v) is 4.59. The van der Waals surface area contributed by atoms with Crippen molar-refractivity contribution in [2.24, 2.45) is 0 Å². The SMILES string of the molecule is CCCOc1cccc(NC2=C(c3ccc(OC)cc3)C(=O)N(C(C)C)C2=O)c1. The molecule has 0 atom stereocenters. The van der Waals surface area contributed by atoms with E-state index in [4.69, 9.17) is 9.47 Å². The predicted molar refractivity (Wildman–Crippen MR) is 113 cm³/mol. The number of hydrogen-bond donors (Lipinski definition) is 1. The minimum absolute atomic E-state index is 0.248. The van der Waals surface area contributed by atoms with Crippen LogP contribution < -0.4 is 14.8 Å². The standard InChI is InChI=1S/C23H26N2O4/c1-5-13-29-19-8-6-7-17(14-19)24-21-20(16-9-11-18(28-4)12-10-16)22(26)25(15(2)3)23(21)27/h6-12,14-15,24H,5,13H2,1-4H3. The molecule has 0 bridgehead atoms. The van der Waals surface area contributed by atoms with E-state index in [1.807, 2.05) is 45.0 Å². The largest absolute Gasteiger partial charge is 0.497 e. The molecule has 0 aromatic heterocycles. The van der Waals surface area contributed by atoms with Crippen molar-refractivity contribution in [2.75, 3.05) is 19.0 Å². The molecule has 1 N–H and O–H groups in total. The average Bonchev–Trinajstić information content (AvgIpc) is 2.96. The molecular formula is C23H26N2O4. The Morgan fingerprint density at radius 1 is 1.00 bits per heavy atom. The molecule has 152 valence electrons. The number of nitrogens with one attached hydrogen (secondary N) is 1. The van der Waals surface area contributed by atoms with Crippen molar-refractivity contribution >= 4 is 23.1 Å². The van der Waals surface area contributed by atoms with Crippen molar-refractivity contribution in [3.05, 3.63) is 59.8 Å². The van der Waals surface area contributed by atoms with Gasteiger partial charge in [-0.2, -0.15) is 0 Å². The van der Waals surface area contributed by atoms with Crippen LogP contribution in [0, 0.1) is 0 Å². The highest BCUT2D eigenvalue weighted by atomic mass is 16.5. The molecule has 0 radical (unpaired) electrons. The van der Waals surface area contributed by atoms with Gasteiger partial charge < -0.3 is 14.8 Å². The smallest absolute Gasteiger partial charge is 0.278 e. The quantitative estimate of drug-likeness (QED) is 0.683. The number of carbonyl (C=O) groups is 2. The van der Waals surface area contributed by atoms with E-state index >= 15 is 0 Å². The van der Waals surface area contributed by atoms with Crippen molar-refractivity contribution in [3.8, 4) is 11.5 Å². The number of rotatable bonds is 8. The molecule has 1 heterocycles. The molecule has 0 unspecified atom stereocenters. The zero-order valence-electron chi connectivity index (χ0n) is 17.2. The first kappa shape index (κ1) is 20.5. The number of nitrogens with zero attached hydrogens (tertiary/aromatic N) is 1. The van der Waals surface area contributed by atoms with Gasteiger partial charge in [0.15, 0.2) is 0 Å². The Morgan fingerprint density at radius 3 is 2.34 bits per heavy atom. The predicted octanol–water partition coefficient (Wildman–Crippen LogP) is 4.08. The summed E-state index contributed by atoms with van der Waals surface area (Å²) in [5, 5.41) is 3.16. The molecule has 1 aliphatic rings. The van der Waals surface area contributed by atoms with Gasteiger partial charge in [0, 0.05) is 17.8 Å². The zero-order valence-corrected chi connectivity index (χ0v) is 17.2. The van der Waals surface area contributed by atoms with Gasteiger partial charge in [0.25, 0.3) is 11.8 Å². The lowest BCUT2D eigenvalue weighted by atomic mass is 10.0. The van der Waals surface area contributed by atoms with Crippen LogP contribution >= 0.6 is 0 Å². The van der Waals surface area contributed by atoms with E-state index in [0.717, 1.165) is 6.42 Å². The van der Waals surface area contributed by atoms with Crippen LogP contribution in [0.3, 0.4) is 0 Å². The van der Waals surface area contributed by atoms with Gasteiger partial charge in [-0.3, -0.25) is 14.5 Å². The van der Waals surface area contributed by atoms with Crippen molar-refractivity contribution in [2.45, 2.75) is 33.2 Å². The van der Waals surface area contributed by atoms with E-state index in [1.165, 1.54) is 4.90 Å². The summed E-state index contributed by atoms with van der Waals surface area (Å²) < 4.78 is 10.9. The van der Waals surface area contributed by atoms with E-state index in [0.29, 0.717) is 34.9 Å². The summed E-state index contributed by atoms with van der Waals surface area (Å²) in [5.74, 6) is 0.745. The van der Waals surface area contributed by atoms with Gasteiger partial charge >= 0.3 is 0 Å². The normalized spacial score (nSPS) is 14.0. The molecule has 0 saturated carbocycles. The number of ether oxygens (including phenoxy) is 2. The van der Waals surface area contributed by atoms with Crippen LogP contribution in [0.1, 0.15) is 32.8 Å². The number of amides is 2. The summed E-state index contributed by atoms with van der Waals surface area (Å²) in [6.07, 6.45) is 0.904. The van der Waals surface area contributed by atoms with Crippen LogP contribution in [-0.4, -0.2) is 36.5 Å². The molecule has 2 amide bonds. The summed E-state index contributed by atoms with van der Waals surface area (Å²) in [5.41, 5.74) is 1.97. The number of methoxy groups -OCH3 is 1. The van der Waals surface area contributed by atoms with Crippen LogP contribution in [0.25, 0.3) is 5.57 Å². The Hall–Kier alpha value is -3.28. The van der Waals surface area contributed by atoms with Gasteiger partial charge in [0.05, 0.1) is 19.3 Å². The van der Waals surface area contributed by atoms with Gasteiger partial charge in [-0.25, -0.2) is 0 Å². The summed E-state index contributed by atoms with van der Waals surface area (Å²) >= 11 is 0. The number of carbonyl (C=O) groups excluding carboxylic acids is 2. The molecule has 6 nitrogen and oxygen atoms in total. The topological polar surface area (TPSA) is 67.9 Å². The fourth-order valence-electron chi connectivity index (χ4n) is 3.19. The highest BCUT2D eigenvalue weighted by Gasteiger charge is 2.40.